The summed E-state index contributed by atoms with van der Waals surface area (Å²) in [4.78, 5) is 2.57. The van der Waals surface area contributed by atoms with Crippen molar-refractivity contribution in [3.63, 3.8) is 0 Å². The third-order valence-corrected chi connectivity index (χ3v) is 5.36. The van der Waals surface area contributed by atoms with Crippen LogP contribution in [0, 0.1) is 0 Å². The van der Waals surface area contributed by atoms with Gasteiger partial charge in [-0.25, -0.2) is 0 Å². The minimum atomic E-state index is -0.0707. The second kappa shape index (κ2) is 4.61. The van der Waals surface area contributed by atoms with Crippen molar-refractivity contribution < 1.29 is 0 Å². The zero-order valence-electron chi connectivity index (χ0n) is 14.3. The van der Waals surface area contributed by atoms with Gasteiger partial charge in [-0.2, -0.15) is 0 Å². The van der Waals surface area contributed by atoms with Crippen LogP contribution < -0.4 is 4.90 Å². The fourth-order valence-electron chi connectivity index (χ4n) is 4.52. The predicted octanol–water partition coefficient (Wildman–Crippen LogP) is 5.83. The van der Waals surface area contributed by atoms with Crippen LogP contribution in [0.3, 0.4) is 0 Å². The summed E-state index contributed by atoms with van der Waals surface area (Å²) in [5.41, 5.74) is 3.95. The first-order valence-electron chi connectivity index (χ1n) is 8.32. The number of rotatable bonds is 1. The molecule has 0 aromatic heterocycles. The Morgan fingerprint density at radius 1 is 0.609 bits per heavy atom. The molecule has 0 amide bonds. The summed E-state index contributed by atoms with van der Waals surface area (Å²) in [5, 5.41) is 2.77. The minimum Gasteiger partial charge on any atom is -0.353 e. The Hall–Kier alpha value is -2.28. The molecule has 1 heterocycles. The number of nitrogens with zero attached hydrogens (tertiary/aromatic N) is 1. The average Bonchev–Trinajstić information content (AvgIpc) is 2.53. The van der Waals surface area contributed by atoms with Crippen molar-refractivity contribution in [1.29, 1.82) is 0 Å². The molecule has 3 aromatic carbocycles. The fourth-order valence-corrected chi connectivity index (χ4v) is 4.52. The van der Waals surface area contributed by atoms with Crippen molar-refractivity contribution in [3.8, 4) is 0 Å². The number of anilines is 1. The Morgan fingerprint density at radius 3 is 1.65 bits per heavy atom. The predicted molar refractivity (Wildman–Crippen MR) is 98.9 cm³/mol. The molecule has 23 heavy (non-hydrogen) atoms. The second-order valence-corrected chi connectivity index (χ2v) is 7.50. The van der Waals surface area contributed by atoms with Gasteiger partial charge >= 0.3 is 0 Å². The van der Waals surface area contributed by atoms with Crippen molar-refractivity contribution in [2.24, 2.45) is 0 Å². The highest BCUT2D eigenvalue weighted by Crippen LogP contribution is 2.50. The van der Waals surface area contributed by atoms with Crippen LogP contribution in [-0.2, 0) is 11.1 Å². The Labute approximate surface area is 138 Å². The molecule has 0 atom stereocenters. The molecule has 4 rings (SSSR count). The van der Waals surface area contributed by atoms with E-state index in [0.717, 1.165) is 0 Å². The van der Waals surface area contributed by atoms with Gasteiger partial charge in [-0.3, -0.25) is 0 Å². The Kier molecular flexibility index (Phi) is 2.87. The van der Waals surface area contributed by atoms with Gasteiger partial charge in [0.15, 0.2) is 0 Å². The third kappa shape index (κ3) is 1.86. The van der Waals surface area contributed by atoms with Gasteiger partial charge in [-0.1, -0.05) is 54.6 Å². The van der Waals surface area contributed by atoms with E-state index in [0.29, 0.717) is 0 Å². The molecule has 0 spiro atoms. The molecule has 1 aliphatic rings. The highest BCUT2D eigenvalue weighted by molar-refractivity contribution is 5.93. The summed E-state index contributed by atoms with van der Waals surface area (Å²) in [6.07, 6.45) is 0. The van der Waals surface area contributed by atoms with E-state index >= 15 is 0 Å². The molecule has 0 N–H and O–H groups in total. The molecule has 0 aliphatic carbocycles. The van der Waals surface area contributed by atoms with Crippen LogP contribution in [0.1, 0.15) is 38.8 Å². The van der Waals surface area contributed by atoms with Gasteiger partial charge in [-0.05, 0) is 61.7 Å². The normalized spacial score (nSPS) is 18.2. The summed E-state index contributed by atoms with van der Waals surface area (Å²) >= 11 is 0. The number of para-hydroxylation sites is 1. The van der Waals surface area contributed by atoms with Gasteiger partial charge in [0.2, 0.25) is 0 Å². The first kappa shape index (κ1) is 14.3. The fraction of sp³-hybridized carbons (Fsp3) is 0.273. The van der Waals surface area contributed by atoms with Gasteiger partial charge in [-0.15, -0.1) is 0 Å². The SMILES string of the molecule is CC1(C)c2cccc3cccc(c23)C(C)(C)N1c1ccccc1. The molecule has 1 aliphatic heterocycles. The minimum absolute atomic E-state index is 0.0707. The van der Waals surface area contributed by atoms with Gasteiger partial charge in [0, 0.05) is 5.69 Å². The first-order valence-corrected chi connectivity index (χ1v) is 8.32. The second-order valence-electron chi connectivity index (χ2n) is 7.50. The molecule has 0 saturated heterocycles. The molecular weight excluding hydrogens is 278 g/mol. The highest BCUT2D eigenvalue weighted by Gasteiger charge is 2.45. The van der Waals surface area contributed by atoms with Crippen LogP contribution in [0.25, 0.3) is 10.8 Å². The van der Waals surface area contributed by atoms with Gasteiger partial charge < -0.3 is 4.90 Å². The molecule has 116 valence electrons. The van der Waals surface area contributed by atoms with E-state index in [4.69, 9.17) is 0 Å². The lowest BCUT2D eigenvalue weighted by Crippen LogP contribution is -2.55. The van der Waals surface area contributed by atoms with E-state index in [1.54, 1.807) is 0 Å². The molecule has 1 heteroatoms. The van der Waals surface area contributed by atoms with E-state index in [1.807, 2.05) is 0 Å². The number of benzene rings is 3. The standard InChI is InChI=1S/C22H23N/c1-21(2)18-14-8-10-16-11-9-15-19(20(16)18)22(3,4)23(21)17-12-6-5-7-13-17/h5-15H,1-4H3. The zero-order chi connectivity index (χ0) is 16.2. The molecule has 3 aromatic rings. The molecule has 1 nitrogen and oxygen atoms in total. The maximum Gasteiger partial charge on any atom is 0.0612 e. The summed E-state index contributed by atoms with van der Waals surface area (Å²) in [6.45, 7) is 9.36. The number of hydrogen-bond donors (Lipinski definition) is 0. The lowest BCUT2D eigenvalue weighted by atomic mass is 9.73. The van der Waals surface area contributed by atoms with Crippen molar-refractivity contribution >= 4 is 16.5 Å². The lowest BCUT2D eigenvalue weighted by molar-refractivity contribution is 0.342. The van der Waals surface area contributed by atoms with Gasteiger partial charge in [0.25, 0.3) is 0 Å². The van der Waals surface area contributed by atoms with Crippen LogP contribution in [-0.4, -0.2) is 0 Å². The van der Waals surface area contributed by atoms with Crippen LogP contribution in [0.5, 0.6) is 0 Å². The summed E-state index contributed by atoms with van der Waals surface area (Å²) < 4.78 is 0. The highest BCUT2D eigenvalue weighted by atomic mass is 15.3. The van der Waals surface area contributed by atoms with Crippen LogP contribution in [0.4, 0.5) is 5.69 Å². The molecule has 0 radical (unpaired) electrons. The van der Waals surface area contributed by atoms with E-state index in [1.165, 1.54) is 27.6 Å². The Morgan fingerprint density at radius 2 is 1.13 bits per heavy atom. The van der Waals surface area contributed by atoms with Crippen molar-refractivity contribution in [2.75, 3.05) is 4.90 Å². The molecule has 0 bridgehead atoms. The van der Waals surface area contributed by atoms with Crippen LogP contribution in [0.2, 0.25) is 0 Å². The Bertz CT molecular complexity index is 824. The van der Waals surface area contributed by atoms with E-state index in [9.17, 15) is 0 Å². The maximum atomic E-state index is 2.57. The summed E-state index contributed by atoms with van der Waals surface area (Å²) in [7, 11) is 0. The van der Waals surface area contributed by atoms with Crippen molar-refractivity contribution in [3.05, 3.63) is 77.9 Å². The van der Waals surface area contributed by atoms with E-state index in [-0.39, 0.29) is 11.1 Å². The van der Waals surface area contributed by atoms with Crippen LogP contribution >= 0.6 is 0 Å². The maximum absolute atomic E-state index is 2.57. The lowest BCUT2D eigenvalue weighted by Gasteiger charge is -2.55. The largest absolute Gasteiger partial charge is 0.353 e. The van der Waals surface area contributed by atoms with Gasteiger partial charge in [0.05, 0.1) is 11.1 Å². The van der Waals surface area contributed by atoms with E-state index < -0.39 is 0 Å². The molecule has 0 saturated carbocycles. The summed E-state index contributed by atoms with van der Waals surface area (Å²) in [6, 6.07) is 24.2. The first-order chi connectivity index (χ1) is 10.9. The van der Waals surface area contributed by atoms with Crippen LogP contribution in [0.15, 0.2) is 66.7 Å². The average molecular weight is 301 g/mol. The molecule has 0 unspecified atom stereocenters. The topological polar surface area (TPSA) is 3.24 Å². The Balaban J connectivity index is 2.10. The third-order valence-electron chi connectivity index (χ3n) is 5.36. The molecular formula is C22H23N. The number of hydrogen-bond acceptors (Lipinski definition) is 1. The quantitative estimate of drug-likeness (QED) is 0.546. The smallest absolute Gasteiger partial charge is 0.0612 e. The molecule has 0 fully saturated rings. The van der Waals surface area contributed by atoms with E-state index in [2.05, 4.69) is 99.3 Å². The van der Waals surface area contributed by atoms with Crippen molar-refractivity contribution in [2.45, 2.75) is 38.8 Å². The van der Waals surface area contributed by atoms with Crippen molar-refractivity contribution in [1.82, 2.24) is 0 Å². The summed E-state index contributed by atoms with van der Waals surface area (Å²) in [5.74, 6) is 0. The zero-order valence-corrected chi connectivity index (χ0v) is 14.3. The van der Waals surface area contributed by atoms with Gasteiger partial charge in [0.1, 0.15) is 0 Å². The monoisotopic (exact) mass is 301 g/mol.